The molecule has 1 aromatic heterocycles. The quantitative estimate of drug-likeness (QED) is 0.884. The normalized spacial score (nSPS) is 19.9. The number of pyridine rings is 1. The highest BCUT2D eigenvalue weighted by molar-refractivity contribution is 5.53. The van der Waals surface area contributed by atoms with Crippen LogP contribution in [-0.2, 0) is 4.84 Å². The molecule has 2 aliphatic rings. The van der Waals surface area contributed by atoms with Gasteiger partial charge in [-0.3, -0.25) is 4.84 Å². The second-order valence-corrected chi connectivity index (χ2v) is 4.96. The summed E-state index contributed by atoms with van der Waals surface area (Å²) in [5.41, 5.74) is 6.47. The zero-order chi connectivity index (χ0) is 12.4. The summed E-state index contributed by atoms with van der Waals surface area (Å²) >= 11 is 0. The first-order valence-corrected chi connectivity index (χ1v) is 6.63. The molecule has 0 amide bonds. The second kappa shape index (κ2) is 5.02. The topological polar surface area (TPSA) is 60.6 Å². The molecule has 0 radical (unpaired) electrons. The monoisotopic (exact) mass is 249 g/mol. The Morgan fingerprint density at radius 3 is 3.00 bits per heavy atom. The molecule has 98 valence electrons. The zero-order valence-electron chi connectivity index (χ0n) is 10.5. The number of hydroxylamine groups is 1. The molecule has 5 nitrogen and oxygen atoms in total. The molecule has 18 heavy (non-hydrogen) atoms. The Labute approximate surface area is 107 Å². The summed E-state index contributed by atoms with van der Waals surface area (Å²) in [6.45, 7) is 2.35. The molecule has 3 rings (SSSR count). The minimum Gasteiger partial charge on any atom is -0.476 e. The lowest BCUT2D eigenvalue weighted by molar-refractivity contribution is 0.0758. The van der Waals surface area contributed by atoms with Crippen molar-refractivity contribution < 1.29 is 9.57 Å². The van der Waals surface area contributed by atoms with Gasteiger partial charge >= 0.3 is 0 Å². The molecule has 2 heterocycles. The van der Waals surface area contributed by atoms with Crippen LogP contribution in [0.25, 0.3) is 0 Å². The molecule has 2 N–H and O–H groups in total. The van der Waals surface area contributed by atoms with Gasteiger partial charge in [0.1, 0.15) is 0 Å². The minimum atomic E-state index is 0.536. The van der Waals surface area contributed by atoms with Crippen molar-refractivity contribution in [1.29, 1.82) is 0 Å². The number of ether oxygens (including phenoxy) is 1. The smallest absolute Gasteiger partial charge is 0.239 e. The van der Waals surface area contributed by atoms with Crippen molar-refractivity contribution in [1.82, 2.24) is 4.98 Å². The van der Waals surface area contributed by atoms with Crippen molar-refractivity contribution in [2.75, 3.05) is 30.6 Å². The standard InChI is InChI=1S/C13H19N3O2/c14-11-5-6-12(16-7-1-2-8-18-16)15-13(11)17-9-10-3-4-10/h5-6,10H,1-4,7-9,14H2. The third kappa shape index (κ3) is 2.67. The maximum Gasteiger partial charge on any atom is 0.239 e. The molecule has 1 saturated carbocycles. The summed E-state index contributed by atoms with van der Waals surface area (Å²) in [6.07, 6.45) is 4.75. The molecule has 0 atom stereocenters. The Morgan fingerprint density at radius 2 is 2.28 bits per heavy atom. The molecular weight excluding hydrogens is 230 g/mol. The summed E-state index contributed by atoms with van der Waals surface area (Å²) in [5.74, 6) is 2.02. The van der Waals surface area contributed by atoms with Crippen LogP contribution in [0.4, 0.5) is 11.5 Å². The van der Waals surface area contributed by atoms with Crippen LogP contribution in [-0.4, -0.2) is 24.7 Å². The first kappa shape index (κ1) is 11.6. The number of rotatable bonds is 4. The number of aromatic nitrogens is 1. The molecule has 0 bridgehead atoms. The van der Waals surface area contributed by atoms with E-state index < -0.39 is 0 Å². The van der Waals surface area contributed by atoms with Crippen LogP contribution in [0.5, 0.6) is 5.88 Å². The number of hydrogen-bond acceptors (Lipinski definition) is 5. The van der Waals surface area contributed by atoms with E-state index in [1.54, 1.807) is 0 Å². The van der Waals surface area contributed by atoms with Gasteiger partial charge in [0.15, 0.2) is 5.82 Å². The van der Waals surface area contributed by atoms with Gasteiger partial charge in [-0.2, -0.15) is 4.98 Å². The van der Waals surface area contributed by atoms with Crippen molar-refractivity contribution in [3.8, 4) is 5.88 Å². The van der Waals surface area contributed by atoms with Gasteiger partial charge in [-0.05, 0) is 43.7 Å². The number of nitrogens with zero attached hydrogens (tertiary/aromatic N) is 2. The zero-order valence-corrected chi connectivity index (χ0v) is 10.5. The molecule has 1 aliphatic carbocycles. The lowest BCUT2D eigenvalue weighted by atomic mass is 10.3. The van der Waals surface area contributed by atoms with Gasteiger partial charge in [0.05, 0.1) is 18.9 Å². The summed E-state index contributed by atoms with van der Waals surface area (Å²) in [7, 11) is 0. The Bertz CT molecular complexity index is 415. The van der Waals surface area contributed by atoms with E-state index in [-0.39, 0.29) is 0 Å². The summed E-state index contributed by atoms with van der Waals surface area (Å²) in [6, 6.07) is 3.72. The summed E-state index contributed by atoms with van der Waals surface area (Å²) in [5, 5.41) is 1.83. The molecule has 2 fully saturated rings. The highest BCUT2D eigenvalue weighted by Gasteiger charge is 2.23. The maximum absolute atomic E-state index is 5.88. The lowest BCUT2D eigenvalue weighted by Gasteiger charge is -2.27. The fraction of sp³-hybridized carbons (Fsp3) is 0.615. The summed E-state index contributed by atoms with van der Waals surface area (Å²) in [4.78, 5) is 10.0. The first-order valence-electron chi connectivity index (χ1n) is 6.63. The number of nitrogens with two attached hydrogens (primary N) is 1. The van der Waals surface area contributed by atoms with Crippen molar-refractivity contribution in [2.24, 2.45) is 5.92 Å². The van der Waals surface area contributed by atoms with Crippen LogP contribution in [0.15, 0.2) is 12.1 Å². The molecule has 1 aliphatic heterocycles. The second-order valence-electron chi connectivity index (χ2n) is 4.96. The Kier molecular flexibility index (Phi) is 3.23. The van der Waals surface area contributed by atoms with E-state index in [1.807, 2.05) is 17.2 Å². The van der Waals surface area contributed by atoms with Crippen molar-refractivity contribution in [3.05, 3.63) is 12.1 Å². The molecule has 0 aromatic carbocycles. The Balaban J connectivity index is 1.71. The van der Waals surface area contributed by atoms with Crippen LogP contribution in [0.3, 0.4) is 0 Å². The van der Waals surface area contributed by atoms with Crippen molar-refractivity contribution in [2.45, 2.75) is 25.7 Å². The number of nitrogen functional groups attached to an aromatic ring is 1. The van der Waals surface area contributed by atoms with Gasteiger partial charge in [0, 0.05) is 6.54 Å². The van der Waals surface area contributed by atoms with E-state index in [9.17, 15) is 0 Å². The van der Waals surface area contributed by atoms with Gasteiger partial charge < -0.3 is 10.5 Å². The van der Waals surface area contributed by atoms with Gasteiger partial charge in [0.2, 0.25) is 5.88 Å². The molecule has 1 saturated heterocycles. The van der Waals surface area contributed by atoms with Gasteiger partial charge in [-0.15, -0.1) is 0 Å². The van der Waals surface area contributed by atoms with E-state index in [2.05, 4.69) is 4.98 Å². The van der Waals surface area contributed by atoms with Gasteiger partial charge in [0.25, 0.3) is 0 Å². The van der Waals surface area contributed by atoms with E-state index >= 15 is 0 Å². The molecule has 1 aromatic rings. The average molecular weight is 249 g/mol. The van der Waals surface area contributed by atoms with Crippen LogP contribution in [0, 0.1) is 5.92 Å². The third-order valence-corrected chi connectivity index (χ3v) is 3.29. The predicted molar refractivity (Wildman–Crippen MR) is 69.4 cm³/mol. The molecule has 5 heteroatoms. The average Bonchev–Trinajstić information content (AvgIpc) is 3.23. The maximum atomic E-state index is 5.88. The number of hydrogen-bond donors (Lipinski definition) is 1. The Hall–Kier alpha value is -1.49. The van der Waals surface area contributed by atoms with Crippen LogP contribution >= 0.6 is 0 Å². The molecule has 0 spiro atoms. The van der Waals surface area contributed by atoms with Crippen LogP contribution in [0.1, 0.15) is 25.7 Å². The predicted octanol–water partition coefficient (Wildman–Crippen LogP) is 1.98. The Morgan fingerprint density at radius 1 is 1.39 bits per heavy atom. The largest absolute Gasteiger partial charge is 0.476 e. The van der Waals surface area contributed by atoms with E-state index in [4.69, 9.17) is 15.3 Å². The van der Waals surface area contributed by atoms with Crippen LogP contribution in [0.2, 0.25) is 0 Å². The lowest BCUT2D eigenvalue weighted by Crippen LogP contribution is -2.30. The first-order chi connectivity index (χ1) is 8.83. The fourth-order valence-corrected chi connectivity index (χ4v) is 1.95. The van der Waals surface area contributed by atoms with Crippen LogP contribution < -0.4 is 15.5 Å². The van der Waals surface area contributed by atoms with Gasteiger partial charge in [-0.1, -0.05) is 0 Å². The van der Waals surface area contributed by atoms with E-state index in [1.165, 1.54) is 12.8 Å². The highest BCUT2D eigenvalue weighted by Crippen LogP contribution is 2.31. The summed E-state index contributed by atoms with van der Waals surface area (Å²) < 4.78 is 5.67. The van der Waals surface area contributed by atoms with Gasteiger partial charge in [-0.25, -0.2) is 5.06 Å². The van der Waals surface area contributed by atoms with E-state index in [0.717, 1.165) is 38.4 Å². The number of anilines is 2. The third-order valence-electron chi connectivity index (χ3n) is 3.29. The fourth-order valence-electron chi connectivity index (χ4n) is 1.95. The molecular formula is C13H19N3O2. The molecule has 0 unspecified atom stereocenters. The van der Waals surface area contributed by atoms with E-state index in [0.29, 0.717) is 17.5 Å². The SMILES string of the molecule is Nc1ccc(N2CCCCO2)nc1OCC1CC1. The minimum absolute atomic E-state index is 0.536. The van der Waals surface area contributed by atoms with Crippen molar-refractivity contribution in [3.63, 3.8) is 0 Å². The highest BCUT2D eigenvalue weighted by atomic mass is 16.7. The van der Waals surface area contributed by atoms with Crippen molar-refractivity contribution >= 4 is 11.5 Å².